The van der Waals surface area contributed by atoms with E-state index in [1.807, 2.05) is 30.9 Å². The molecule has 2 aromatic rings. The van der Waals surface area contributed by atoms with E-state index in [-0.39, 0.29) is 5.82 Å². The van der Waals surface area contributed by atoms with Gasteiger partial charge in [-0.25, -0.2) is 4.39 Å². The molecule has 1 heterocycles. The minimum absolute atomic E-state index is 0.204. The fourth-order valence-corrected chi connectivity index (χ4v) is 2.85. The van der Waals surface area contributed by atoms with Gasteiger partial charge in [0.25, 0.3) is 0 Å². The van der Waals surface area contributed by atoms with Crippen LogP contribution in [0, 0.1) is 5.82 Å². The second-order valence-corrected chi connectivity index (χ2v) is 6.57. The molecule has 0 fully saturated rings. The summed E-state index contributed by atoms with van der Waals surface area (Å²) in [5.41, 5.74) is 3.43. The topological polar surface area (TPSA) is 45.5 Å². The lowest BCUT2D eigenvalue weighted by Gasteiger charge is -2.22. The average Bonchev–Trinajstić information content (AvgIpc) is 2.94. The fraction of sp³-hybridized carbons (Fsp3) is 0.474. The SMILES string of the molecule is CN=C(NCCc1ccc(F)cc1)N(C)Cc1cn(C)nc1C(C)C. The standard InChI is InChI=1S/C19H28FN5/c1-14(2)18-16(13-25(5)23-18)12-24(4)19(21-3)22-11-10-15-6-8-17(20)9-7-15/h6-9,13-14H,10-12H2,1-5H3,(H,21,22). The molecule has 1 aromatic carbocycles. The normalized spacial score (nSPS) is 11.9. The van der Waals surface area contributed by atoms with E-state index in [1.165, 1.54) is 17.7 Å². The van der Waals surface area contributed by atoms with Gasteiger partial charge in [-0.3, -0.25) is 9.67 Å². The lowest BCUT2D eigenvalue weighted by atomic mass is 10.1. The summed E-state index contributed by atoms with van der Waals surface area (Å²) in [5.74, 6) is 1.02. The molecule has 0 unspecified atom stereocenters. The molecular weight excluding hydrogens is 317 g/mol. The zero-order chi connectivity index (χ0) is 18.4. The third-order valence-corrected chi connectivity index (χ3v) is 4.07. The predicted octanol–water partition coefficient (Wildman–Crippen LogP) is 2.93. The molecule has 0 aliphatic rings. The van der Waals surface area contributed by atoms with Crippen LogP contribution in [0.2, 0.25) is 0 Å². The molecular formula is C19H28FN5. The molecule has 0 saturated heterocycles. The smallest absolute Gasteiger partial charge is 0.193 e. The highest BCUT2D eigenvalue weighted by Gasteiger charge is 2.14. The van der Waals surface area contributed by atoms with Gasteiger partial charge in [-0.1, -0.05) is 26.0 Å². The number of aryl methyl sites for hydroxylation is 1. The van der Waals surface area contributed by atoms with E-state index in [0.717, 1.165) is 36.7 Å². The Morgan fingerprint density at radius 1 is 1.32 bits per heavy atom. The highest BCUT2D eigenvalue weighted by atomic mass is 19.1. The number of hydrogen-bond acceptors (Lipinski definition) is 2. The van der Waals surface area contributed by atoms with Crippen LogP contribution >= 0.6 is 0 Å². The van der Waals surface area contributed by atoms with Crippen LogP contribution in [0.4, 0.5) is 4.39 Å². The van der Waals surface area contributed by atoms with Crippen molar-refractivity contribution in [2.75, 3.05) is 20.6 Å². The highest BCUT2D eigenvalue weighted by molar-refractivity contribution is 5.79. The van der Waals surface area contributed by atoms with E-state index in [2.05, 4.69) is 40.4 Å². The predicted molar refractivity (Wildman–Crippen MR) is 100 cm³/mol. The number of aliphatic imine (C=N–C) groups is 1. The van der Waals surface area contributed by atoms with Crippen molar-refractivity contribution in [1.29, 1.82) is 0 Å². The van der Waals surface area contributed by atoms with Crippen molar-refractivity contribution in [2.24, 2.45) is 12.0 Å². The third-order valence-electron chi connectivity index (χ3n) is 4.07. The van der Waals surface area contributed by atoms with Gasteiger partial charge in [0.1, 0.15) is 5.82 Å². The largest absolute Gasteiger partial charge is 0.356 e. The Morgan fingerprint density at radius 3 is 2.60 bits per heavy atom. The maximum atomic E-state index is 12.9. The number of rotatable bonds is 6. The Kier molecular flexibility index (Phi) is 6.56. The van der Waals surface area contributed by atoms with Gasteiger partial charge in [-0.05, 0) is 30.0 Å². The van der Waals surface area contributed by atoms with Gasteiger partial charge in [0, 0.05) is 46.0 Å². The maximum Gasteiger partial charge on any atom is 0.193 e. The summed E-state index contributed by atoms with van der Waals surface area (Å²) in [6, 6.07) is 6.61. The van der Waals surface area contributed by atoms with E-state index >= 15 is 0 Å². The lowest BCUT2D eigenvalue weighted by molar-refractivity contribution is 0.474. The van der Waals surface area contributed by atoms with E-state index in [1.54, 1.807) is 7.05 Å². The number of nitrogens with one attached hydrogen (secondary N) is 1. The average molecular weight is 345 g/mol. The molecule has 0 atom stereocenters. The van der Waals surface area contributed by atoms with Crippen molar-refractivity contribution in [1.82, 2.24) is 20.0 Å². The summed E-state index contributed by atoms with van der Waals surface area (Å²) in [6.07, 6.45) is 2.88. The van der Waals surface area contributed by atoms with Crippen LogP contribution in [-0.2, 0) is 20.0 Å². The molecule has 2 rings (SSSR count). The van der Waals surface area contributed by atoms with Crippen molar-refractivity contribution < 1.29 is 4.39 Å². The molecule has 0 radical (unpaired) electrons. The quantitative estimate of drug-likeness (QED) is 0.647. The molecule has 5 nitrogen and oxygen atoms in total. The molecule has 1 N–H and O–H groups in total. The van der Waals surface area contributed by atoms with Gasteiger partial charge in [0.2, 0.25) is 0 Å². The minimum Gasteiger partial charge on any atom is -0.356 e. The second kappa shape index (κ2) is 8.65. The van der Waals surface area contributed by atoms with Crippen LogP contribution in [0.3, 0.4) is 0 Å². The Labute approximate surface area is 149 Å². The molecule has 0 bridgehead atoms. The van der Waals surface area contributed by atoms with E-state index in [4.69, 9.17) is 0 Å². The highest BCUT2D eigenvalue weighted by Crippen LogP contribution is 2.18. The first kappa shape index (κ1) is 19.0. The summed E-state index contributed by atoms with van der Waals surface area (Å²) in [6.45, 7) is 5.80. The summed E-state index contributed by atoms with van der Waals surface area (Å²) in [7, 11) is 5.75. The van der Waals surface area contributed by atoms with Crippen LogP contribution in [-0.4, -0.2) is 41.3 Å². The van der Waals surface area contributed by atoms with Crippen molar-refractivity contribution in [2.45, 2.75) is 32.7 Å². The molecule has 0 spiro atoms. The molecule has 0 amide bonds. The fourth-order valence-electron chi connectivity index (χ4n) is 2.85. The number of benzene rings is 1. The third kappa shape index (κ3) is 5.31. The molecule has 0 aliphatic heterocycles. The molecule has 6 heteroatoms. The second-order valence-electron chi connectivity index (χ2n) is 6.57. The van der Waals surface area contributed by atoms with Gasteiger partial charge in [0.15, 0.2) is 5.96 Å². The molecule has 1 aromatic heterocycles. The Balaban J connectivity index is 1.92. The first-order valence-electron chi connectivity index (χ1n) is 8.59. The van der Waals surface area contributed by atoms with Crippen LogP contribution in [0.15, 0.2) is 35.5 Å². The van der Waals surface area contributed by atoms with Crippen LogP contribution in [0.1, 0.15) is 36.6 Å². The zero-order valence-electron chi connectivity index (χ0n) is 15.8. The van der Waals surface area contributed by atoms with Crippen LogP contribution in [0.25, 0.3) is 0 Å². The van der Waals surface area contributed by atoms with Crippen LogP contribution < -0.4 is 5.32 Å². The van der Waals surface area contributed by atoms with Gasteiger partial charge < -0.3 is 10.2 Å². The summed E-state index contributed by atoms with van der Waals surface area (Å²) < 4.78 is 14.8. The molecule has 0 aliphatic carbocycles. The van der Waals surface area contributed by atoms with Gasteiger partial charge in [-0.2, -0.15) is 5.10 Å². The summed E-state index contributed by atoms with van der Waals surface area (Å²) >= 11 is 0. The van der Waals surface area contributed by atoms with Gasteiger partial charge >= 0.3 is 0 Å². The van der Waals surface area contributed by atoms with Crippen LogP contribution in [0.5, 0.6) is 0 Å². The number of nitrogens with zero attached hydrogens (tertiary/aromatic N) is 4. The number of aromatic nitrogens is 2. The Bertz CT molecular complexity index is 703. The Morgan fingerprint density at radius 2 is 2.00 bits per heavy atom. The number of halogens is 1. The van der Waals surface area contributed by atoms with Crippen molar-refractivity contribution >= 4 is 5.96 Å². The monoisotopic (exact) mass is 345 g/mol. The van der Waals surface area contributed by atoms with Crippen molar-refractivity contribution in [3.05, 3.63) is 53.1 Å². The lowest BCUT2D eigenvalue weighted by Crippen LogP contribution is -2.39. The minimum atomic E-state index is -0.204. The molecule has 0 saturated carbocycles. The van der Waals surface area contributed by atoms with Crippen molar-refractivity contribution in [3.63, 3.8) is 0 Å². The summed E-state index contributed by atoms with van der Waals surface area (Å²) in [5, 5.41) is 7.92. The molecule has 25 heavy (non-hydrogen) atoms. The van der Waals surface area contributed by atoms with E-state index in [0.29, 0.717) is 5.92 Å². The van der Waals surface area contributed by atoms with E-state index < -0.39 is 0 Å². The summed E-state index contributed by atoms with van der Waals surface area (Å²) in [4.78, 5) is 6.45. The molecule has 136 valence electrons. The van der Waals surface area contributed by atoms with Gasteiger partial charge in [0.05, 0.1) is 5.69 Å². The van der Waals surface area contributed by atoms with Gasteiger partial charge in [-0.15, -0.1) is 0 Å². The van der Waals surface area contributed by atoms with Crippen molar-refractivity contribution in [3.8, 4) is 0 Å². The first-order valence-corrected chi connectivity index (χ1v) is 8.59. The zero-order valence-corrected chi connectivity index (χ0v) is 15.8. The van der Waals surface area contributed by atoms with E-state index in [9.17, 15) is 4.39 Å². The number of guanidine groups is 1. The Hall–Kier alpha value is -2.37. The maximum absolute atomic E-state index is 12.9. The number of hydrogen-bond donors (Lipinski definition) is 1. The first-order chi connectivity index (χ1) is 11.9.